The number of aryl methyl sites for hydroxylation is 1. The third-order valence-corrected chi connectivity index (χ3v) is 5.66. The van der Waals surface area contributed by atoms with Gasteiger partial charge in [0.25, 0.3) is 0 Å². The molecule has 0 radical (unpaired) electrons. The van der Waals surface area contributed by atoms with Crippen molar-refractivity contribution in [2.45, 2.75) is 19.8 Å². The number of hydrogen-bond donors (Lipinski definition) is 0. The lowest BCUT2D eigenvalue weighted by atomic mass is 10.3. The molecule has 0 unspecified atom stereocenters. The van der Waals surface area contributed by atoms with Crippen LogP contribution in [0.25, 0.3) is 10.2 Å². The summed E-state index contributed by atoms with van der Waals surface area (Å²) in [4.78, 5) is 13.6. The van der Waals surface area contributed by atoms with E-state index in [2.05, 4.69) is 27.9 Å². The zero-order chi connectivity index (χ0) is 13.2. The van der Waals surface area contributed by atoms with E-state index in [1.54, 1.807) is 11.3 Å². The van der Waals surface area contributed by atoms with Crippen LogP contribution in [0.2, 0.25) is 5.28 Å². The second-order valence-corrected chi connectivity index (χ2v) is 7.23. The summed E-state index contributed by atoms with van der Waals surface area (Å²) in [6, 6.07) is 2.23. The summed E-state index contributed by atoms with van der Waals surface area (Å²) in [5, 5.41) is 1.53. The van der Waals surface area contributed by atoms with Crippen molar-refractivity contribution < 1.29 is 0 Å². The summed E-state index contributed by atoms with van der Waals surface area (Å²) in [5.74, 6) is 3.42. The van der Waals surface area contributed by atoms with Gasteiger partial charge in [0.1, 0.15) is 10.6 Å². The highest BCUT2D eigenvalue weighted by atomic mass is 35.5. The molecule has 2 aromatic heterocycles. The molecule has 0 bridgehead atoms. The van der Waals surface area contributed by atoms with Gasteiger partial charge < -0.3 is 4.90 Å². The largest absolute Gasteiger partial charge is 0.355 e. The molecule has 1 saturated heterocycles. The predicted molar refractivity (Wildman–Crippen MR) is 86.0 cm³/mol. The van der Waals surface area contributed by atoms with Crippen molar-refractivity contribution in [2.24, 2.45) is 0 Å². The van der Waals surface area contributed by atoms with E-state index in [1.807, 2.05) is 11.8 Å². The van der Waals surface area contributed by atoms with Gasteiger partial charge in [-0.2, -0.15) is 16.7 Å². The molecule has 1 aliphatic heterocycles. The molecular weight excluding hydrogens is 298 g/mol. The molecule has 19 heavy (non-hydrogen) atoms. The Balaban J connectivity index is 2.07. The van der Waals surface area contributed by atoms with Crippen LogP contribution in [0, 0.1) is 0 Å². The van der Waals surface area contributed by atoms with E-state index in [0.717, 1.165) is 41.3 Å². The summed E-state index contributed by atoms with van der Waals surface area (Å²) in [6.07, 6.45) is 2.24. The smallest absolute Gasteiger partial charge is 0.225 e. The van der Waals surface area contributed by atoms with E-state index in [4.69, 9.17) is 11.6 Å². The molecule has 0 aliphatic carbocycles. The summed E-state index contributed by atoms with van der Waals surface area (Å²) >= 11 is 9.83. The first kappa shape index (κ1) is 13.5. The van der Waals surface area contributed by atoms with Gasteiger partial charge >= 0.3 is 0 Å². The lowest BCUT2D eigenvalue weighted by Gasteiger charge is -2.21. The van der Waals surface area contributed by atoms with Crippen molar-refractivity contribution in [3.63, 3.8) is 0 Å². The van der Waals surface area contributed by atoms with Crippen molar-refractivity contribution >= 4 is 50.7 Å². The lowest BCUT2D eigenvalue weighted by molar-refractivity contribution is 0.804. The highest BCUT2D eigenvalue weighted by Crippen LogP contribution is 2.33. The van der Waals surface area contributed by atoms with E-state index < -0.39 is 0 Å². The molecule has 0 aromatic carbocycles. The van der Waals surface area contributed by atoms with Gasteiger partial charge in [-0.15, -0.1) is 11.3 Å². The molecule has 3 nitrogen and oxygen atoms in total. The standard InChI is InChI=1S/C13H16ClN3S2/c1-2-9-8-10-11(15-13(14)16-12(10)19-9)17-4-3-6-18-7-5-17/h8H,2-7H2,1H3. The molecular formula is C13H16ClN3S2. The number of halogens is 1. The fraction of sp³-hybridized carbons (Fsp3) is 0.538. The van der Waals surface area contributed by atoms with Crippen LogP contribution in [0.3, 0.4) is 0 Å². The van der Waals surface area contributed by atoms with E-state index in [0.29, 0.717) is 5.28 Å². The minimum Gasteiger partial charge on any atom is -0.355 e. The number of anilines is 1. The van der Waals surface area contributed by atoms with Gasteiger partial charge in [0.2, 0.25) is 5.28 Å². The first-order valence-corrected chi connectivity index (χ1v) is 8.91. The molecule has 3 rings (SSSR count). The number of thioether (sulfide) groups is 1. The van der Waals surface area contributed by atoms with Crippen LogP contribution in [-0.2, 0) is 6.42 Å². The average molecular weight is 314 g/mol. The predicted octanol–water partition coefficient (Wildman–Crippen LogP) is 3.85. The normalized spacial score (nSPS) is 16.8. The Bertz CT molecular complexity index is 577. The zero-order valence-electron chi connectivity index (χ0n) is 10.9. The van der Waals surface area contributed by atoms with Crippen molar-refractivity contribution in [1.29, 1.82) is 0 Å². The third-order valence-electron chi connectivity index (χ3n) is 3.27. The average Bonchev–Trinajstić information content (AvgIpc) is 2.64. The van der Waals surface area contributed by atoms with Crippen LogP contribution < -0.4 is 4.90 Å². The Hall–Kier alpha value is -0.520. The highest BCUT2D eigenvalue weighted by molar-refractivity contribution is 7.99. The maximum atomic E-state index is 6.09. The number of aromatic nitrogens is 2. The van der Waals surface area contributed by atoms with Crippen LogP contribution in [-0.4, -0.2) is 34.6 Å². The van der Waals surface area contributed by atoms with Crippen molar-refractivity contribution in [3.05, 3.63) is 16.2 Å². The van der Waals surface area contributed by atoms with E-state index in [1.165, 1.54) is 17.1 Å². The molecule has 1 fully saturated rings. The van der Waals surface area contributed by atoms with Gasteiger partial charge in [-0.25, -0.2) is 4.98 Å². The molecule has 102 valence electrons. The van der Waals surface area contributed by atoms with Gasteiger partial charge in [0.15, 0.2) is 0 Å². The molecule has 2 aromatic rings. The maximum absolute atomic E-state index is 6.09. The molecule has 1 aliphatic rings. The fourth-order valence-corrected chi connectivity index (χ4v) is 4.37. The molecule has 0 N–H and O–H groups in total. The van der Waals surface area contributed by atoms with Crippen molar-refractivity contribution in [2.75, 3.05) is 29.5 Å². The molecule has 0 atom stereocenters. The summed E-state index contributed by atoms with van der Waals surface area (Å²) < 4.78 is 0. The number of fused-ring (bicyclic) bond motifs is 1. The molecule has 0 amide bonds. The summed E-state index contributed by atoms with van der Waals surface area (Å²) in [7, 11) is 0. The molecule has 6 heteroatoms. The van der Waals surface area contributed by atoms with Crippen molar-refractivity contribution in [1.82, 2.24) is 9.97 Å². The van der Waals surface area contributed by atoms with Crippen LogP contribution >= 0.6 is 34.7 Å². The topological polar surface area (TPSA) is 29.0 Å². The van der Waals surface area contributed by atoms with Crippen molar-refractivity contribution in [3.8, 4) is 0 Å². The minimum absolute atomic E-state index is 0.365. The van der Waals surface area contributed by atoms with Gasteiger partial charge in [0.05, 0.1) is 5.39 Å². The van der Waals surface area contributed by atoms with Gasteiger partial charge in [-0.3, -0.25) is 0 Å². The van der Waals surface area contributed by atoms with E-state index in [9.17, 15) is 0 Å². The third kappa shape index (κ3) is 2.83. The Morgan fingerprint density at radius 2 is 2.21 bits per heavy atom. The van der Waals surface area contributed by atoms with E-state index in [-0.39, 0.29) is 0 Å². The van der Waals surface area contributed by atoms with Crippen LogP contribution in [0.1, 0.15) is 18.2 Å². The Morgan fingerprint density at radius 1 is 1.32 bits per heavy atom. The van der Waals surface area contributed by atoms with Crippen LogP contribution in [0.4, 0.5) is 5.82 Å². The number of thiophene rings is 1. The highest BCUT2D eigenvalue weighted by Gasteiger charge is 2.17. The maximum Gasteiger partial charge on any atom is 0.225 e. The lowest BCUT2D eigenvalue weighted by Crippen LogP contribution is -2.26. The summed E-state index contributed by atoms with van der Waals surface area (Å²) in [5.41, 5.74) is 0. The first-order chi connectivity index (χ1) is 9.28. The van der Waals surface area contributed by atoms with Gasteiger partial charge in [0, 0.05) is 23.7 Å². The minimum atomic E-state index is 0.365. The first-order valence-electron chi connectivity index (χ1n) is 6.56. The van der Waals surface area contributed by atoms with Gasteiger partial charge in [-0.1, -0.05) is 6.92 Å². The molecule has 0 spiro atoms. The second-order valence-electron chi connectivity index (χ2n) is 4.55. The Kier molecular flexibility index (Phi) is 4.15. The Labute approximate surface area is 126 Å². The molecule has 0 saturated carbocycles. The molecule has 3 heterocycles. The number of nitrogens with zero attached hydrogens (tertiary/aromatic N) is 3. The zero-order valence-corrected chi connectivity index (χ0v) is 13.2. The van der Waals surface area contributed by atoms with Crippen LogP contribution in [0.5, 0.6) is 0 Å². The fourth-order valence-electron chi connectivity index (χ4n) is 2.30. The summed E-state index contributed by atoms with van der Waals surface area (Å²) in [6.45, 7) is 4.28. The monoisotopic (exact) mass is 313 g/mol. The van der Waals surface area contributed by atoms with E-state index >= 15 is 0 Å². The second kappa shape index (κ2) is 5.85. The SMILES string of the molecule is CCc1cc2c(N3CCCSCC3)nc(Cl)nc2s1. The van der Waals surface area contributed by atoms with Gasteiger partial charge in [-0.05, 0) is 36.3 Å². The number of rotatable bonds is 2. The Morgan fingerprint density at radius 3 is 3.05 bits per heavy atom. The van der Waals surface area contributed by atoms with Crippen LogP contribution in [0.15, 0.2) is 6.07 Å². The number of hydrogen-bond acceptors (Lipinski definition) is 5. The quantitative estimate of drug-likeness (QED) is 0.788.